The molecule has 0 amide bonds. The highest BCUT2D eigenvalue weighted by Crippen LogP contribution is 2.58. The van der Waals surface area contributed by atoms with E-state index in [1.165, 1.54) is 0 Å². The number of quaternary nitrogens is 1. The fraction of sp³-hybridized carbons (Fsp3) is 0.379. The van der Waals surface area contributed by atoms with Crippen molar-refractivity contribution in [1.29, 1.82) is 0 Å². The summed E-state index contributed by atoms with van der Waals surface area (Å²) in [6.07, 6.45) is -3.15. The van der Waals surface area contributed by atoms with Crippen LogP contribution in [0.5, 0.6) is 0 Å². The molecule has 4 fully saturated rings. The normalized spacial score (nSPS) is 29.6. The smallest absolute Gasteiger partial charge is 0.587 e. The first-order valence-corrected chi connectivity index (χ1v) is 14.7. The van der Waals surface area contributed by atoms with Crippen LogP contribution in [0.4, 0.5) is 13.2 Å². The van der Waals surface area contributed by atoms with Gasteiger partial charge in [0, 0.05) is 23.7 Å². The second-order valence-electron chi connectivity index (χ2n) is 12.2. The number of H-pyrrole nitrogens is 2. The Bertz CT molecular complexity index is 1930. The monoisotopic (exact) mass is 645 g/mol. The first kappa shape index (κ1) is 30.8. The van der Waals surface area contributed by atoms with Crippen molar-refractivity contribution in [1.82, 2.24) is 20.4 Å². The Morgan fingerprint density at radius 3 is 1.82 bits per heavy atom. The van der Waals surface area contributed by atoms with E-state index in [1.54, 1.807) is 42.5 Å². The summed E-state index contributed by atoms with van der Waals surface area (Å²) in [6, 6.07) is 13.7. The number of carbonyl (C=O) groups excluding carboxylic acids is 2. The van der Waals surface area contributed by atoms with Crippen LogP contribution in [0.25, 0.3) is 21.5 Å². The Kier molecular flexibility index (Phi) is 7.51. The summed E-state index contributed by atoms with van der Waals surface area (Å²) in [5.74, 6) is -1.69. The van der Waals surface area contributed by atoms with Crippen LogP contribution in [-0.2, 0) is 18.9 Å². The first-order chi connectivity index (χ1) is 21.2. The van der Waals surface area contributed by atoms with Gasteiger partial charge >= 0.3 is 24.8 Å². The molecule has 0 spiro atoms. The molecule has 2 aromatic carbocycles. The van der Waals surface area contributed by atoms with Gasteiger partial charge in [0.05, 0.1) is 22.4 Å². The zero-order valence-corrected chi connectivity index (χ0v) is 24.9. The summed E-state index contributed by atoms with van der Waals surface area (Å²) < 4.78 is 48.8. The predicted octanol–water partition coefficient (Wildman–Crippen LogP) is 4.06. The van der Waals surface area contributed by atoms with Gasteiger partial charge in [0.1, 0.15) is 13.1 Å². The quantitative estimate of drug-likeness (QED) is 0.311. The van der Waals surface area contributed by atoms with E-state index in [0.717, 1.165) is 6.42 Å². The van der Waals surface area contributed by atoms with Crippen LogP contribution in [0, 0.1) is 11.8 Å². The molecule has 2 aliphatic carbocycles. The third kappa shape index (κ3) is 5.59. The molecule has 2 saturated heterocycles. The molecule has 4 atom stereocenters. The summed E-state index contributed by atoms with van der Waals surface area (Å²) >= 11 is 5.75. The maximum atomic E-state index is 12.6. The number of hydrogen-bond acceptors (Lipinski definition) is 8. The van der Waals surface area contributed by atoms with E-state index < -0.39 is 24.7 Å². The van der Waals surface area contributed by atoms with E-state index in [9.17, 15) is 32.3 Å². The minimum absolute atomic E-state index is 0.0482. The van der Waals surface area contributed by atoms with Crippen molar-refractivity contribution in [2.45, 2.75) is 37.7 Å². The molecule has 11 nitrogen and oxygen atoms in total. The Hall–Kier alpha value is -4.24. The number of aromatic nitrogens is 4. The van der Waals surface area contributed by atoms with Crippen LogP contribution in [0.3, 0.4) is 0 Å². The zero-order valence-electron chi connectivity index (χ0n) is 24.1. The Balaban J connectivity index is 0.000000122. The third-order valence-corrected chi connectivity index (χ3v) is 9.39. The van der Waals surface area contributed by atoms with Crippen LogP contribution >= 0.6 is 11.6 Å². The number of aromatic amines is 2. The highest BCUT2D eigenvalue weighted by atomic mass is 35.5. The minimum Gasteiger partial charge on any atom is -0.600 e. The molecule has 4 aliphatic rings. The predicted molar refractivity (Wildman–Crippen MR) is 158 cm³/mol. The van der Waals surface area contributed by atoms with Gasteiger partial charge in [-0.15, -0.1) is 0 Å². The number of alkyl halides is 3. The largest absolute Gasteiger partial charge is 0.600 e. The van der Waals surface area contributed by atoms with Crippen LogP contribution in [-0.4, -0.2) is 69.7 Å². The number of nitrogens with zero attached hydrogens (tertiary/aromatic N) is 3. The Labute approximate surface area is 258 Å². The van der Waals surface area contributed by atoms with Gasteiger partial charge in [-0.25, -0.2) is 10.2 Å². The minimum atomic E-state index is -4.19. The topological polar surface area (TPSA) is 144 Å². The summed E-state index contributed by atoms with van der Waals surface area (Å²) in [5.41, 5.74) is -0.249. The molecule has 0 unspecified atom stereocenters. The SMILES string of the molecule is C[C@@H]1C[C@H]1[B-]12OC(=O)C[N+]1(C)CC(=O)O2.O=c1[nH]nc(Cl)c2ccccc12.O=c1[nH]nc([C@@H]2C[C@H]2C(F)(F)F)c2ccccc12. The molecular formula is C29H28BClF3N5O6. The number of fused-ring (bicyclic) bond motifs is 3. The fourth-order valence-electron chi connectivity index (χ4n) is 6.56. The summed E-state index contributed by atoms with van der Waals surface area (Å²) in [6.45, 7) is 0.913. The lowest BCUT2D eigenvalue weighted by molar-refractivity contribution is -0.794. The fourth-order valence-corrected chi connectivity index (χ4v) is 6.77. The molecule has 45 heavy (non-hydrogen) atoms. The molecule has 16 heteroatoms. The average molecular weight is 646 g/mol. The maximum Gasteiger partial charge on any atom is 0.587 e. The summed E-state index contributed by atoms with van der Waals surface area (Å²) in [4.78, 5) is 45.5. The van der Waals surface area contributed by atoms with E-state index in [1.807, 2.05) is 13.1 Å². The molecule has 2 aromatic heterocycles. The van der Waals surface area contributed by atoms with Crippen molar-refractivity contribution in [3.8, 4) is 0 Å². The molecule has 2 saturated carbocycles. The van der Waals surface area contributed by atoms with E-state index in [2.05, 4.69) is 27.3 Å². The molecule has 4 aromatic rings. The van der Waals surface area contributed by atoms with Gasteiger partial charge in [0.25, 0.3) is 11.1 Å². The number of nitrogens with one attached hydrogen (secondary N) is 2. The first-order valence-electron chi connectivity index (χ1n) is 14.3. The molecule has 4 heterocycles. The number of halogens is 4. The molecule has 0 radical (unpaired) electrons. The van der Waals surface area contributed by atoms with Crippen LogP contribution in [0.1, 0.15) is 31.4 Å². The second kappa shape index (κ2) is 11.0. The summed E-state index contributed by atoms with van der Waals surface area (Å²) in [7, 11) is 1.89. The van der Waals surface area contributed by atoms with Crippen LogP contribution in [0.2, 0.25) is 11.0 Å². The molecule has 2 N–H and O–H groups in total. The average Bonchev–Trinajstić information content (AvgIpc) is 3.89. The summed E-state index contributed by atoms with van der Waals surface area (Å²) in [5, 5.41) is 14.5. The van der Waals surface area contributed by atoms with Crippen molar-refractivity contribution in [3.05, 3.63) is 80.1 Å². The van der Waals surface area contributed by atoms with E-state index in [0.29, 0.717) is 42.7 Å². The number of benzene rings is 2. The van der Waals surface area contributed by atoms with Gasteiger partial charge in [0.15, 0.2) is 5.15 Å². The highest BCUT2D eigenvalue weighted by molar-refractivity contribution is 6.68. The van der Waals surface area contributed by atoms with Gasteiger partial charge < -0.3 is 13.7 Å². The lowest BCUT2D eigenvalue weighted by Crippen LogP contribution is -2.60. The van der Waals surface area contributed by atoms with Crippen molar-refractivity contribution in [3.63, 3.8) is 0 Å². The second-order valence-corrected chi connectivity index (χ2v) is 12.6. The van der Waals surface area contributed by atoms with E-state index in [4.69, 9.17) is 20.9 Å². The van der Waals surface area contributed by atoms with Crippen molar-refractivity contribution in [2.75, 3.05) is 20.1 Å². The van der Waals surface area contributed by atoms with Crippen LogP contribution in [0.15, 0.2) is 58.1 Å². The lowest BCUT2D eigenvalue weighted by Gasteiger charge is -2.40. The van der Waals surface area contributed by atoms with Gasteiger partial charge in [-0.1, -0.05) is 67.3 Å². The van der Waals surface area contributed by atoms with Crippen molar-refractivity contribution in [2.24, 2.45) is 11.8 Å². The molecular weight excluding hydrogens is 618 g/mol. The van der Waals surface area contributed by atoms with Gasteiger partial charge in [-0.05, 0) is 24.4 Å². The van der Waals surface area contributed by atoms with E-state index in [-0.39, 0.29) is 48.4 Å². The number of rotatable bonds is 2. The highest BCUT2D eigenvalue weighted by Gasteiger charge is 2.73. The van der Waals surface area contributed by atoms with Gasteiger partial charge in [-0.2, -0.15) is 23.4 Å². The zero-order chi connectivity index (χ0) is 32.3. The maximum absolute atomic E-state index is 12.6. The molecule has 2 aliphatic heterocycles. The number of carbonyl (C=O) groups is 2. The Morgan fingerprint density at radius 2 is 1.33 bits per heavy atom. The van der Waals surface area contributed by atoms with Gasteiger partial charge in [0.2, 0.25) is 0 Å². The van der Waals surface area contributed by atoms with Crippen molar-refractivity contribution >= 4 is 51.8 Å². The van der Waals surface area contributed by atoms with Crippen molar-refractivity contribution < 1.29 is 36.5 Å². The standard InChI is InChI=1S/C12H9F3N2O.C9H14BNO4.C8H5ClN2O/c13-12(14,15)9-5-8(9)10-6-3-1-2-4-7(6)11(18)17-16-10;1-6-3-7(6)10-11(2,4-8(12)14-10)5-9(13)15-10;9-7-5-3-1-2-4-6(5)8(12)11-10-7/h1-4,8-9H,5H2,(H,17,18);6-7H,3-5H2,1-2H3;1-4H,(H,11,12)/t8-,9-;6-,7-,10?,11?;/m11./s1. The number of likely N-dealkylation sites (N-methyl/N-ethyl adjacent to an activating group) is 1. The number of hydrogen-bond donors (Lipinski definition) is 2. The van der Waals surface area contributed by atoms with Crippen LogP contribution < -0.4 is 11.1 Å². The molecule has 236 valence electrons. The molecule has 0 bridgehead atoms. The van der Waals surface area contributed by atoms with Gasteiger partial charge in [-0.3, -0.25) is 19.2 Å². The Morgan fingerprint density at radius 1 is 0.844 bits per heavy atom. The van der Waals surface area contributed by atoms with E-state index >= 15 is 0 Å². The lowest BCUT2D eigenvalue weighted by atomic mass is 9.61. The third-order valence-electron chi connectivity index (χ3n) is 9.10. The molecule has 8 rings (SSSR count).